The Morgan fingerprint density at radius 2 is 1.33 bits per heavy atom. The maximum Gasteiger partial charge on any atom is 0.221 e. The van der Waals surface area contributed by atoms with Gasteiger partial charge in [-0.25, -0.2) is 0 Å². The van der Waals surface area contributed by atoms with E-state index in [1.807, 2.05) is 12.2 Å². The molecule has 0 radical (unpaired) electrons. The summed E-state index contributed by atoms with van der Waals surface area (Å²) >= 11 is 0. The number of hydrogen-bond acceptors (Lipinski definition) is 2. The predicted molar refractivity (Wildman–Crippen MR) is 43.7 cm³/mol. The Kier molecular flexibility index (Phi) is 2.47. The molecule has 0 saturated heterocycles. The van der Waals surface area contributed by atoms with Crippen LogP contribution in [0.5, 0.6) is 0 Å². The minimum absolute atomic E-state index is 0.410. The van der Waals surface area contributed by atoms with E-state index in [9.17, 15) is 9.59 Å². The predicted octanol–water partition coefficient (Wildman–Crippen LogP) is -0.461. The minimum atomic E-state index is -0.442. The van der Waals surface area contributed by atoms with Gasteiger partial charge in [0.2, 0.25) is 11.8 Å². The van der Waals surface area contributed by atoms with E-state index in [0.717, 1.165) is 0 Å². The highest BCUT2D eigenvalue weighted by Crippen LogP contribution is 2.24. The van der Waals surface area contributed by atoms with Gasteiger partial charge in [0.05, 0.1) is 11.8 Å². The van der Waals surface area contributed by atoms with Crippen LogP contribution in [0.2, 0.25) is 0 Å². The molecular formula is C8H12N2O2. The van der Waals surface area contributed by atoms with Gasteiger partial charge < -0.3 is 11.5 Å². The van der Waals surface area contributed by atoms with Crippen molar-refractivity contribution in [2.24, 2.45) is 23.3 Å². The van der Waals surface area contributed by atoms with Crippen molar-refractivity contribution < 1.29 is 9.59 Å². The minimum Gasteiger partial charge on any atom is -0.369 e. The summed E-state index contributed by atoms with van der Waals surface area (Å²) in [5, 5.41) is 0. The topological polar surface area (TPSA) is 86.2 Å². The Morgan fingerprint density at radius 3 is 1.58 bits per heavy atom. The lowest BCUT2D eigenvalue weighted by Gasteiger charge is -2.22. The van der Waals surface area contributed by atoms with Gasteiger partial charge in [-0.1, -0.05) is 12.2 Å². The van der Waals surface area contributed by atoms with Crippen LogP contribution in [0.15, 0.2) is 12.2 Å². The van der Waals surface area contributed by atoms with Crippen LogP contribution < -0.4 is 11.5 Å². The number of carbonyl (C=O) groups excluding carboxylic acids is 2. The van der Waals surface area contributed by atoms with Gasteiger partial charge in [-0.15, -0.1) is 0 Å². The fourth-order valence-corrected chi connectivity index (χ4v) is 1.44. The molecule has 4 N–H and O–H groups in total. The van der Waals surface area contributed by atoms with Crippen LogP contribution in [0.25, 0.3) is 0 Å². The molecule has 2 atom stereocenters. The SMILES string of the molecule is NC(=O)C1CC=CCC1C(N)=O. The second kappa shape index (κ2) is 3.38. The summed E-state index contributed by atoms with van der Waals surface area (Å²) in [6.45, 7) is 0. The van der Waals surface area contributed by atoms with Crippen LogP contribution in [0.4, 0.5) is 0 Å². The second-order valence-corrected chi connectivity index (χ2v) is 2.96. The molecule has 0 spiro atoms. The molecule has 0 saturated carbocycles. The molecule has 1 aliphatic carbocycles. The lowest BCUT2D eigenvalue weighted by atomic mass is 9.82. The number of amides is 2. The molecule has 4 heteroatoms. The van der Waals surface area contributed by atoms with Gasteiger partial charge in [0.25, 0.3) is 0 Å². The summed E-state index contributed by atoms with van der Waals surface area (Å²) in [6, 6.07) is 0. The van der Waals surface area contributed by atoms with Gasteiger partial charge in [0, 0.05) is 0 Å². The third kappa shape index (κ3) is 1.64. The number of carbonyl (C=O) groups is 2. The Labute approximate surface area is 70.6 Å². The van der Waals surface area contributed by atoms with Crippen molar-refractivity contribution in [1.29, 1.82) is 0 Å². The molecule has 1 rings (SSSR count). The quantitative estimate of drug-likeness (QED) is 0.546. The van der Waals surface area contributed by atoms with Crippen molar-refractivity contribution in [3.8, 4) is 0 Å². The number of hydrogen-bond donors (Lipinski definition) is 2. The van der Waals surface area contributed by atoms with Crippen LogP contribution in [-0.4, -0.2) is 11.8 Å². The lowest BCUT2D eigenvalue weighted by Crippen LogP contribution is -2.38. The number of rotatable bonds is 2. The molecule has 0 aromatic carbocycles. The van der Waals surface area contributed by atoms with Crippen LogP contribution in [0, 0.1) is 11.8 Å². The molecule has 0 aromatic heterocycles. The molecule has 0 bridgehead atoms. The smallest absolute Gasteiger partial charge is 0.221 e. The van der Waals surface area contributed by atoms with E-state index < -0.39 is 23.7 Å². The summed E-state index contributed by atoms with van der Waals surface area (Å²) in [5.41, 5.74) is 10.2. The first-order valence-electron chi connectivity index (χ1n) is 3.86. The molecule has 4 nitrogen and oxygen atoms in total. The molecule has 0 aliphatic heterocycles. The van der Waals surface area contributed by atoms with Gasteiger partial charge in [-0.2, -0.15) is 0 Å². The number of nitrogens with two attached hydrogens (primary N) is 2. The van der Waals surface area contributed by atoms with Gasteiger partial charge >= 0.3 is 0 Å². The Balaban J connectivity index is 2.76. The average molecular weight is 168 g/mol. The van der Waals surface area contributed by atoms with Crippen molar-refractivity contribution in [2.45, 2.75) is 12.8 Å². The summed E-state index contributed by atoms with van der Waals surface area (Å²) in [6.07, 6.45) is 4.77. The maximum atomic E-state index is 10.8. The fourth-order valence-electron chi connectivity index (χ4n) is 1.44. The molecule has 66 valence electrons. The van der Waals surface area contributed by atoms with Crippen molar-refractivity contribution >= 4 is 11.8 Å². The van der Waals surface area contributed by atoms with Crippen molar-refractivity contribution in [3.05, 3.63) is 12.2 Å². The molecule has 0 heterocycles. The van der Waals surface area contributed by atoms with Crippen LogP contribution >= 0.6 is 0 Å². The molecular weight excluding hydrogens is 156 g/mol. The zero-order valence-electron chi connectivity index (χ0n) is 6.69. The Bertz CT molecular complexity index is 211. The van der Waals surface area contributed by atoms with Gasteiger partial charge in [0.1, 0.15) is 0 Å². The average Bonchev–Trinajstić information content (AvgIpc) is 2.04. The van der Waals surface area contributed by atoms with E-state index in [1.165, 1.54) is 0 Å². The molecule has 12 heavy (non-hydrogen) atoms. The normalized spacial score (nSPS) is 28.3. The van der Waals surface area contributed by atoms with E-state index in [2.05, 4.69) is 0 Å². The maximum absolute atomic E-state index is 10.8. The molecule has 0 aromatic rings. The fraction of sp³-hybridized carbons (Fsp3) is 0.500. The van der Waals surface area contributed by atoms with E-state index in [1.54, 1.807) is 0 Å². The summed E-state index contributed by atoms with van der Waals surface area (Å²) < 4.78 is 0. The van der Waals surface area contributed by atoms with Gasteiger partial charge in [-0.05, 0) is 12.8 Å². The van der Waals surface area contributed by atoms with E-state index in [-0.39, 0.29) is 0 Å². The summed E-state index contributed by atoms with van der Waals surface area (Å²) in [7, 11) is 0. The van der Waals surface area contributed by atoms with E-state index in [4.69, 9.17) is 11.5 Å². The van der Waals surface area contributed by atoms with Gasteiger partial charge in [-0.3, -0.25) is 9.59 Å². The van der Waals surface area contributed by atoms with Crippen molar-refractivity contribution in [1.82, 2.24) is 0 Å². The highest BCUT2D eigenvalue weighted by atomic mass is 16.2. The third-order valence-electron chi connectivity index (χ3n) is 2.16. The zero-order valence-corrected chi connectivity index (χ0v) is 6.69. The zero-order chi connectivity index (χ0) is 9.14. The largest absolute Gasteiger partial charge is 0.369 e. The highest BCUT2D eigenvalue weighted by molar-refractivity contribution is 5.86. The van der Waals surface area contributed by atoms with E-state index >= 15 is 0 Å². The van der Waals surface area contributed by atoms with Crippen molar-refractivity contribution in [3.63, 3.8) is 0 Å². The lowest BCUT2D eigenvalue weighted by molar-refractivity contribution is -0.131. The molecule has 2 unspecified atom stereocenters. The first kappa shape index (κ1) is 8.77. The Morgan fingerprint density at radius 1 is 1.00 bits per heavy atom. The van der Waals surface area contributed by atoms with Crippen molar-refractivity contribution in [2.75, 3.05) is 0 Å². The molecule has 1 aliphatic rings. The van der Waals surface area contributed by atoms with Crippen LogP contribution in [0.1, 0.15) is 12.8 Å². The molecule has 2 amide bonds. The molecule has 0 fully saturated rings. The first-order valence-corrected chi connectivity index (χ1v) is 3.86. The summed E-state index contributed by atoms with van der Waals surface area (Å²) in [5.74, 6) is -1.70. The number of primary amides is 2. The first-order chi connectivity index (χ1) is 5.63. The standard InChI is InChI=1S/C8H12N2O2/c9-7(11)5-3-1-2-4-6(5)8(10)12/h1-2,5-6H,3-4H2,(H2,9,11)(H2,10,12). The third-order valence-corrected chi connectivity index (χ3v) is 2.16. The number of allylic oxidation sites excluding steroid dienone is 2. The van der Waals surface area contributed by atoms with Crippen LogP contribution in [0.3, 0.4) is 0 Å². The summed E-state index contributed by atoms with van der Waals surface area (Å²) in [4.78, 5) is 21.7. The monoisotopic (exact) mass is 168 g/mol. The van der Waals surface area contributed by atoms with E-state index in [0.29, 0.717) is 12.8 Å². The highest BCUT2D eigenvalue weighted by Gasteiger charge is 2.30. The Hall–Kier alpha value is -1.32. The second-order valence-electron chi connectivity index (χ2n) is 2.96. The van der Waals surface area contributed by atoms with Gasteiger partial charge in [0.15, 0.2) is 0 Å². The van der Waals surface area contributed by atoms with Crippen LogP contribution in [-0.2, 0) is 9.59 Å².